The number of hydrogen-bond acceptors (Lipinski definition) is 2. The van der Waals surface area contributed by atoms with Crippen LogP contribution in [0.1, 0.15) is 25.0 Å². The number of nitrogens with one attached hydrogen (secondary N) is 1. The first-order valence-electron chi connectivity index (χ1n) is 7.39. The summed E-state index contributed by atoms with van der Waals surface area (Å²) in [5.41, 5.74) is 2.10. The van der Waals surface area contributed by atoms with Gasteiger partial charge in [-0.3, -0.25) is 4.79 Å². The van der Waals surface area contributed by atoms with Gasteiger partial charge in [0.2, 0.25) is 5.91 Å². The second kappa shape index (κ2) is 8.03. The third-order valence-corrected chi connectivity index (χ3v) is 2.99. The Bertz CT molecular complexity index is 616. The molecular formula is C19H21NO2. The first-order chi connectivity index (χ1) is 10.6. The highest BCUT2D eigenvalue weighted by molar-refractivity contribution is 5.91. The molecule has 22 heavy (non-hydrogen) atoms. The van der Waals surface area contributed by atoms with Gasteiger partial charge < -0.3 is 10.1 Å². The molecule has 3 heteroatoms. The van der Waals surface area contributed by atoms with Crippen molar-refractivity contribution >= 4 is 12.0 Å². The van der Waals surface area contributed by atoms with Gasteiger partial charge in [0.05, 0.1) is 0 Å². The van der Waals surface area contributed by atoms with Crippen molar-refractivity contribution in [3.63, 3.8) is 0 Å². The van der Waals surface area contributed by atoms with Crippen LogP contribution in [0.25, 0.3) is 6.08 Å². The van der Waals surface area contributed by atoms with Crippen LogP contribution >= 0.6 is 0 Å². The highest BCUT2D eigenvalue weighted by atomic mass is 16.5. The number of amides is 1. The molecule has 0 atom stereocenters. The van der Waals surface area contributed by atoms with Gasteiger partial charge in [-0.1, -0.05) is 42.5 Å². The molecule has 0 aliphatic heterocycles. The van der Waals surface area contributed by atoms with Crippen LogP contribution in [0.5, 0.6) is 5.75 Å². The van der Waals surface area contributed by atoms with E-state index in [0.717, 1.165) is 16.9 Å². The lowest BCUT2D eigenvalue weighted by Crippen LogP contribution is -2.28. The van der Waals surface area contributed by atoms with E-state index in [2.05, 4.69) is 5.32 Å². The Kier molecular flexibility index (Phi) is 5.78. The zero-order valence-electron chi connectivity index (χ0n) is 13.0. The topological polar surface area (TPSA) is 38.3 Å². The van der Waals surface area contributed by atoms with Gasteiger partial charge in [-0.05, 0) is 43.2 Å². The smallest absolute Gasteiger partial charge is 0.244 e. The van der Waals surface area contributed by atoms with Crippen molar-refractivity contribution in [2.24, 2.45) is 0 Å². The van der Waals surface area contributed by atoms with E-state index >= 15 is 0 Å². The Morgan fingerprint density at radius 1 is 1.09 bits per heavy atom. The summed E-state index contributed by atoms with van der Waals surface area (Å²) in [4.78, 5) is 11.5. The maximum Gasteiger partial charge on any atom is 0.244 e. The van der Waals surface area contributed by atoms with E-state index < -0.39 is 0 Å². The predicted octanol–water partition coefficient (Wildman–Crippen LogP) is 3.80. The van der Waals surface area contributed by atoms with Crippen LogP contribution in [-0.4, -0.2) is 11.9 Å². The Balaban J connectivity index is 1.87. The summed E-state index contributed by atoms with van der Waals surface area (Å²) in [7, 11) is 0. The Labute approximate surface area is 131 Å². The molecule has 0 saturated carbocycles. The van der Waals surface area contributed by atoms with Crippen LogP contribution in [0.4, 0.5) is 0 Å². The lowest BCUT2D eigenvalue weighted by Gasteiger charge is -2.06. The van der Waals surface area contributed by atoms with Crippen molar-refractivity contribution in [2.45, 2.75) is 26.5 Å². The third-order valence-electron chi connectivity index (χ3n) is 2.99. The molecule has 0 spiro atoms. The number of carbonyl (C=O) groups is 1. The summed E-state index contributed by atoms with van der Waals surface area (Å²) in [6.45, 7) is 4.42. The molecule has 114 valence electrons. The third kappa shape index (κ3) is 5.44. The minimum absolute atomic E-state index is 0.0839. The van der Waals surface area contributed by atoms with Crippen LogP contribution < -0.4 is 10.1 Å². The summed E-state index contributed by atoms with van der Waals surface area (Å²) in [5.74, 6) is 0.729. The average Bonchev–Trinajstić information content (AvgIpc) is 2.52. The molecule has 1 amide bonds. The molecule has 0 aliphatic rings. The SMILES string of the molecule is CC(C)NC(=O)/C=C\c1ccc(OCc2ccccc2)cc1. The van der Waals surface area contributed by atoms with Crippen molar-refractivity contribution in [3.8, 4) is 5.75 Å². The monoisotopic (exact) mass is 295 g/mol. The van der Waals surface area contributed by atoms with Crippen molar-refractivity contribution < 1.29 is 9.53 Å². The Morgan fingerprint density at radius 2 is 1.77 bits per heavy atom. The molecule has 0 unspecified atom stereocenters. The molecule has 2 aromatic rings. The Morgan fingerprint density at radius 3 is 2.41 bits per heavy atom. The van der Waals surface area contributed by atoms with Crippen LogP contribution in [0.15, 0.2) is 60.7 Å². The zero-order valence-corrected chi connectivity index (χ0v) is 13.0. The van der Waals surface area contributed by atoms with Gasteiger partial charge in [0, 0.05) is 12.1 Å². The first kappa shape index (κ1) is 15.8. The summed E-state index contributed by atoms with van der Waals surface area (Å²) in [6.07, 6.45) is 3.33. The molecule has 0 bridgehead atoms. The van der Waals surface area contributed by atoms with Gasteiger partial charge in [-0.2, -0.15) is 0 Å². The maximum atomic E-state index is 11.5. The van der Waals surface area contributed by atoms with E-state index in [1.54, 1.807) is 12.2 Å². The molecule has 2 rings (SSSR count). The van der Waals surface area contributed by atoms with Gasteiger partial charge in [-0.15, -0.1) is 0 Å². The Hall–Kier alpha value is -2.55. The fourth-order valence-electron chi connectivity index (χ4n) is 1.92. The first-order valence-corrected chi connectivity index (χ1v) is 7.39. The molecule has 0 aliphatic carbocycles. The number of carbonyl (C=O) groups excluding carboxylic acids is 1. The van der Waals surface area contributed by atoms with E-state index in [4.69, 9.17) is 4.74 Å². The quantitative estimate of drug-likeness (QED) is 0.823. The fraction of sp³-hybridized carbons (Fsp3) is 0.211. The van der Waals surface area contributed by atoms with Crippen LogP contribution in [0.3, 0.4) is 0 Å². The van der Waals surface area contributed by atoms with Crippen molar-refractivity contribution in [3.05, 3.63) is 71.8 Å². The fourth-order valence-corrected chi connectivity index (χ4v) is 1.92. The summed E-state index contributed by atoms with van der Waals surface area (Å²) < 4.78 is 5.72. The normalized spacial score (nSPS) is 10.9. The standard InChI is InChI=1S/C19H21NO2/c1-15(2)20-19(21)13-10-16-8-11-18(12-9-16)22-14-17-6-4-3-5-7-17/h3-13,15H,14H2,1-2H3,(H,20,21)/b13-10-. The number of benzene rings is 2. The van der Waals surface area contributed by atoms with Crippen LogP contribution in [0.2, 0.25) is 0 Å². The van der Waals surface area contributed by atoms with Crippen LogP contribution in [-0.2, 0) is 11.4 Å². The van der Waals surface area contributed by atoms with E-state index in [-0.39, 0.29) is 11.9 Å². The van der Waals surface area contributed by atoms with Crippen molar-refractivity contribution in [1.82, 2.24) is 5.32 Å². The lowest BCUT2D eigenvalue weighted by atomic mass is 10.2. The second-order valence-corrected chi connectivity index (χ2v) is 5.34. The summed E-state index contributed by atoms with van der Waals surface area (Å²) in [5, 5.41) is 2.81. The predicted molar refractivity (Wildman–Crippen MR) is 89.5 cm³/mol. The van der Waals surface area contributed by atoms with Gasteiger partial charge in [0.15, 0.2) is 0 Å². The van der Waals surface area contributed by atoms with Gasteiger partial charge >= 0.3 is 0 Å². The molecule has 0 heterocycles. The van der Waals surface area contributed by atoms with Crippen LogP contribution in [0, 0.1) is 0 Å². The van der Waals surface area contributed by atoms with E-state index in [0.29, 0.717) is 6.61 Å². The van der Waals surface area contributed by atoms with E-state index in [9.17, 15) is 4.79 Å². The van der Waals surface area contributed by atoms with E-state index in [1.807, 2.05) is 68.4 Å². The lowest BCUT2D eigenvalue weighted by molar-refractivity contribution is -0.116. The average molecular weight is 295 g/mol. The van der Waals surface area contributed by atoms with Crippen molar-refractivity contribution in [2.75, 3.05) is 0 Å². The largest absolute Gasteiger partial charge is 0.489 e. The van der Waals surface area contributed by atoms with E-state index in [1.165, 1.54) is 0 Å². The van der Waals surface area contributed by atoms with Gasteiger partial charge in [-0.25, -0.2) is 0 Å². The maximum absolute atomic E-state index is 11.5. The zero-order chi connectivity index (χ0) is 15.8. The van der Waals surface area contributed by atoms with Crippen molar-refractivity contribution in [1.29, 1.82) is 0 Å². The summed E-state index contributed by atoms with van der Waals surface area (Å²) >= 11 is 0. The molecule has 1 N–H and O–H groups in total. The number of ether oxygens (including phenoxy) is 1. The molecular weight excluding hydrogens is 274 g/mol. The highest BCUT2D eigenvalue weighted by Gasteiger charge is 1.98. The second-order valence-electron chi connectivity index (χ2n) is 5.34. The highest BCUT2D eigenvalue weighted by Crippen LogP contribution is 2.15. The molecule has 0 radical (unpaired) electrons. The number of rotatable bonds is 6. The van der Waals surface area contributed by atoms with Gasteiger partial charge in [0.25, 0.3) is 0 Å². The summed E-state index contributed by atoms with van der Waals surface area (Å²) in [6, 6.07) is 17.9. The molecule has 0 aromatic heterocycles. The number of hydrogen-bond donors (Lipinski definition) is 1. The molecule has 0 saturated heterocycles. The molecule has 3 nitrogen and oxygen atoms in total. The molecule has 2 aromatic carbocycles. The van der Waals surface area contributed by atoms with Gasteiger partial charge in [0.1, 0.15) is 12.4 Å². The molecule has 0 fully saturated rings. The minimum atomic E-state index is -0.0839. The minimum Gasteiger partial charge on any atom is -0.489 e.